The number of aromatic nitrogens is 1. The van der Waals surface area contributed by atoms with E-state index in [-0.39, 0.29) is 5.91 Å². The van der Waals surface area contributed by atoms with Crippen LogP contribution >= 0.6 is 27.3 Å². The van der Waals surface area contributed by atoms with Crippen LogP contribution in [0.25, 0.3) is 0 Å². The molecule has 1 amide bonds. The van der Waals surface area contributed by atoms with Crippen LogP contribution in [0.2, 0.25) is 0 Å². The molecule has 0 radical (unpaired) electrons. The van der Waals surface area contributed by atoms with Gasteiger partial charge in [-0.05, 0) is 13.3 Å². The van der Waals surface area contributed by atoms with Crippen LogP contribution in [-0.4, -0.2) is 34.2 Å². The van der Waals surface area contributed by atoms with Gasteiger partial charge in [-0.1, -0.05) is 15.9 Å². The quantitative estimate of drug-likeness (QED) is 0.774. The van der Waals surface area contributed by atoms with E-state index >= 15 is 0 Å². The van der Waals surface area contributed by atoms with E-state index in [1.807, 2.05) is 11.8 Å². The molecule has 0 fully saturated rings. The number of alkyl halides is 1. The highest BCUT2D eigenvalue weighted by molar-refractivity contribution is 9.09. The molecular formula is C9H13BrN2OS. The summed E-state index contributed by atoms with van der Waals surface area (Å²) in [6.45, 7) is 3.51. The molecule has 1 aromatic rings. The highest BCUT2D eigenvalue weighted by atomic mass is 79.9. The number of nitrogens with zero attached hydrogens (tertiary/aromatic N) is 2. The van der Waals surface area contributed by atoms with E-state index in [2.05, 4.69) is 20.9 Å². The second kappa shape index (κ2) is 6.14. The van der Waals surface area contributed by atoms with Gasteiger partial charge in [-0.25, -0.2) is 4.98 Å². The highest BCUT2D eigenvalue weighted by Gasteiger charge is 2.14. The lowest BCUT2D eigenvalue weighted by molar-refractivity contribution is 0.0760. The molecule has 0 unspecified atom stereocenters. The Labute approximate surface area is 96.3 Å². The molecule has 0 bridgehead atoms. The molecule has 0 aromatic carbocycles. The maximum absolute atomic E-state index is 11.8. The van der Waals surface area contributed by atoms with Crippen molar-refractivity contribution in [3.05, 3.63) is 16.6 Å². The lowest BCUT2D eigenvalue weighted by Gasteiger charge is -2.18. The number of hydrogen-bond donors (Lipinski definition) is 0. The predicted molar refractivity (Wildman–Crippen MR) is 62.1 cm³/mol. The average Bonchev–Trinajstić information content (AvgIpc) is 2.71. The van der Waals surface area contributed by atoms with Crippen LogP contribution in [-0.2, 0) is 0 Å². The summed E-state index contributed by atoms with van der Waals surface area (Å²) >= 11 is 4.81. The first-order valence-electron chi connectivity index (χ1n) is 4.53. The SMILES string of the molecule is CCN(CCCBr)C(=O)c1cscn1. The normalized spacial score (nSPS) is 10.1. The zero-order valence-electron chi connectivity index (χ0n) is 8.07. The van der Waals surface area contributed by atoms with Gasteiger partial charge in [0.1, 0.15) is 5.69 Å². The van der Waals surface area contributed by atoms with Crippen molar-refractivity contribution in [3.8, 4) is 0 Å². The van der Waals surface area contributed by atoms with Crippen LogP contribution in [0.5, 0.6) is 0 Å². The van der Waals surface area contributed by atoms with E-state index in [4.69, 9.17) is 0 Å². The lowest BCUT2D eigenvalue weighted by atomic mass is 10.3. The first kappa shape index (κ1) is 11.7. The first-order chi connectivity index (χ1) is 6.79. The van der Waals surface area contributed by atoms with Crippen molar-refractivity contribution < 1.29 is 4.79 Å². The fourth-order valence-corrected chi connectivity index (χ4v) is 1.91. The van der Waals surface area contributed by atoms with Gasteiger partial charge in [0.2, 0.25) is 0 Å². The number of halogens is 1. The summed E-state index contributed by atoms with van der Waals surface area (Å²) in [6, 6.07) is 0. The van der Waals surface area contributed by atoms with E-state index in [1.54, 1.807) is 10.9 Å². The van der Waals surface area contributed by atoms with Crippen LogP contribution in [0.15, 0.2) is 10.9 Å². The van der Waals surface area contributed by atoms with Gasteiger partial charge in [-0.15, -0.1) is 11.3 Å². The summed E-state index contributed by atoms with van der Waals surface area (Å²) in [5, 5.41) is 2.72. The van der Waals surface area contributed by atoms with Gasteiger partial charge in [0.15, 0.2) is 0 Å². The molecule has 0 aliphatic rings. The Bertz CT molecular complexity index is 276. The van der Waals surface area contributed by atoms with Crippen molar-refractivity contribution in [1.29, 1.82) is 0 Å². The van der Waals surface area contributed by atoms with Gasteiger partial charge in [0.25, 0.3) is 5.91 Å². The second-order valence-corrected chi connectivity index (χ2v) is 4.31. The fraction of sp³-hybridized carbons (Fsp3) is 0.556. The van der Waals surface area contributed by atoms with Gasteiger partial charge < -0.3 is 4.90 Å². The molecule has 1 rings (SSSR count). The van der Waals surface area contributed by atoms with E-state index < -0.39 is 0 Å². The standard InChI is InChI=1S/C9H13BrN2OS/c1-2-12(5-3-4-10)9(13)8-6-14-7-11-8/h6-7H,2-5H2,1H3. The Hall–Kier alpha value is -0.420. The number of thiazole rings is 1. The Morgan fingerprint density at radius 2 is 2.50 bits per heavy atom. The summed E-state index contributed by atoms with van der Waals surface area (Å²) in [5.74, 6) is 0.0368. The maximum Gasteiger partial charge on any atom is 0.273 e. The molecule has 3 nitrogen and oxygen atoms in total. The molecule has 0 saturated heterocycles. The monoisotopic (exact) mass is 276 g/mol. The second-order valence-electron chi connectivity index (χ2n) is 2.80. The molecule has 0 N–H and O–H groups in total. The minimum absolute atomic E-state index is 0.0368. The minimum atomic E-state index is 0.0368. The van der Waals surface area contributed by atoms with Crippen molar-refractivity contribution in [3.63, 3.8) is 0 Å². The summed E-state index contributed by atoms with van der Waals surface area (Å²) in [7, 11) is 0. The number of carbonyl (C=O) groups excluding carboxylic acids is 1. The van der Waals surface area contributed by atoms with E-state index in [9.17, 15) is 4.79 Å². The molecule has 0 aliphatic heterocycles. The Kier molecular flexibility index (Phi) is 5.11. The predicted octanol–water partition coefficient (Wildman–Crippen LogP) is 2.39. The fourth-order valence-electron chi connectivity index (χ4n) is 1.13. The van der Waals surface area contributed by atoms with E-state index in [1.165, 1.54) is 11.3 Å². The molecule has 1 aromatic heterocycles. The molecule has 0 spiro atoms. The number of amides is 1. The molecule has 5 heteroatoms. The molecule has 0 saturated carbocycles. The maximum atomic E-state index is 11.8. The molecule has 14 heavy (non-hydrogen) atoms. The Morgan fingerprint density at radius 1 is 1.71 bits per heavy atom. The number of hydrogen-bond acceptors (Lipinski definition) is 3. The van der Waals surface area contributed by atoms with Gasteiger partial charge >= 0.3 is 0 Å². The Morgan fingerprint density at radius 3 is 3.00 bits per heavy atom. The van der Waals surface area contributed by atoms with Crippen molar-refractivity contribution in [1.82, 2.24) is 9.88 Å². The third kappa shape index (κ3) is 3.06. The third-order valence-corrected chi connectivity index (χ3v) is 3.03. The minimum Gasteiger partial charge on any atom is -0.338 e. The van der Waals surface area contributed by atoms with Crippen molar-refractivity contribution in [2.45, 2.75) is 13.3 Å². The van der Waals surface area contributed by atoms with Crippen LogP contribution in [0.3, 0.4) is 0 Å². The molecule has 1 heterocycles. The summed E-state index contributed by atoms with van der Waals surface area (Å²) in [4.78, 5) is 17.6. The molecule has 0 atom stereocenters. The van der Waals surface area contributed by atoms with Gasteiger partial charge in [0.05, 0.1) is 5.51 Å². The number of carbonyl (C=O) groups is 1. The van der Waals surface area contributed by atoms with Gasteiger partial charge in [-0.2, -0.15) is 0 Å². The Balaban J connectivity index is 2.56. The summed E-state index contributed by atoms with van der Waals surface area (Å²) in [5.41, 5.74) is 2.25. The average molecular weight is 277 g/mol. The largest absolute Gasteiger partial charge is 0.338 e. The van der Waals surface area contributed by atoms with Crippen LogP contribution in [0.4, 0.5) is 0 Å². The van der Waals surface area contributed by atoms with E-state index in [0.717, 1.165) is 24.8 Å². The highest BCUT2D eigenvalue weighted by Crippen LogP contribution is 2.06. The molecule has 78 valence electrons. The smallest absolute Gasteiger partial charge is 0.273 e. The van der Waals surface area contributed by atoms with Gasteiger partial charge in [0, 0.05) is 23.8 Å². The summed E-state index contributed by atoms with van der Waals surface area (Å²) < 4.78 is 0. The van der Waals surface area contributed by atoms with Crippen molar-refractivity contribution >= 4 is 33.2 Å². The third-order valence-electron chi connectivity index (χ3n) is 1.88. The molecule has 0 aliphatic carbocycles. The van der Waals surface area contributed by atoms with Crippen LogP contribution in [0, 0.1) is 0 Å². The van der Waals surface area contributed by atoms with Crippen molar-refractivity contribution in [2.75, 3.05) is 18.4 Å². The number of rotatable bonds is 5. The van der Waals surface area contributed by atoms with Crippen molar-refractivity contribution in [2.24, 2.45) is 0 Å². The van der Waals surface area contributed by atoms with Crippen LogP contribution < -0.4 is 0 Å². The van der Waals surface area contributed by atoms with Crippen LogP contribution in [0.1, 0.15) is 23.8 Å². The summed E-state index contributed by atoms with van der Waals surface area (Å²) in [6.07, 6.45) is 0.976. The molecular weight excluding hydrogens is 264 g/mol. The zero-order chi connectivity index (χ0) is 10.4. The topological polar surface area (TPSA) is 33.2 Å². The lowest BCUT2D eigenvalue weighted by Crippen LogP contribution is -2.32. The van der Waals surface area contributed by atoms with Gasteiger partial charge in [-0.3, -0.25) is 4.79 Å². The van der Waals surface area contributed by atoms with E-state index in [0.29, 0.717) is 5.69 Å². The zero-order valence-corrected chi connectivity index (χ0v) is 10.5. The first-order valence-corrected chi connectivity index (χ1v) is 6.59.